The summed E-state index contributed by atoms with van der Waals surface area (Å²) in [5.41, 5.74) is 5.40. The summed E-state index contributed by atoms with van der Waals surface area (Å²) in [6, 6.07) is 0. The van der Waals surface area contributed by atoms with Crippen molar-refractivity contribution in [2.75, 3.05) is 26.7 Å². The van der Waals surface area contributed by atoms with Crippen LogP contribution in [0.1, 0.15) is 46.5 Å². The van der Waals surface area contributed by atoms with Crippen molar-refractivity contribution in [2.24, 2.45) is 11.7 Å². The van der Waals surface area contributed by atoms with Gasteiger partial charge in [-0.2, -0.15) is 17.0 Å². The van der Waals surface area contributed by atoms with E-state index in [1.54, 1.807) is 11.4 Å². The number of likely N-dealkylation sites (N-methyl/N-ethyl adjacent to an activating group) is 1. The first kappa shape index (κ1) is 16.9. The minimum Gasteiger partial charge on any atom is -0.329 e. The third kappa shape index (κ3) is 3.29. The molecule has 0 spiro atoms. The van der Waals surface area contributed by atoms with Gasteiger partial charge in [0.1, 0.15) is 0 Å². The molecule has 1 atom stereocenters. The number of piperidine rings is 1. The van der Waals surface area contributed by atoms with Crippen LogP contribution in [-0.4, -0.2) is 49.2 Å². The van der Waals surface area contributed by atoms with Crippen LogP contribution in [0.15, 0.2) is 0 Å². The summed E-state index contributed by atoms with van der Waals surface area (Å²) in [7, 11) is -1.73. The van der Waals surface area contributed by atoms with Crippen LogP contribution in [0.4, 0.5) is 0 Å². The van der Waals surface area contributed by atoms with Gasteiger partial charge in [0.25, 0.3) is 10.2 Å². The first-order chi connectivity index (χ1) is 8.84. The van der Waals surface area contributed by atoms with Crippen LogP contribution in [0.2, 0.25) is 0 Å². The van der Waals surface area contributed by atoms with E-state index in [4.69, 9.17) is 5.73 Å². The number of nitrogens with two attached hydrogens (primary N) is 1. The van der Waals surface area contributed by atoms with Gasteiger partial charge >= 0.3 is 0 Å². The minimum atomic E-state index is -3.40. The van der Waals surface area contributed by atoms with E-state index >= 15 is 0 Å². The van der Waals surface area contributed by atoms with Gasteiger partial charge in [0.05, 0.1) is 0 Å². The van der Waals surface area contributed by atoms with Gasteiger partial charge in [-0.1, -0.05) is 20.8 Å². The van der Waals surface area contributed by atoms with Crippen LogP contribution in [0, 0.1) is 5.92 Å². The van der Waals surface area contributed by atoms with E-state index in [1.165, 1.54) is 4.31 Å². The summed E-state index contributed by atoms with van der Waals surface area (Å²) in [6.07, 6.45) is 3.53. The molecule has 1 aliphatic heterocycles. The molecule has 0 aromatic heterocycles. The van der Waals surface area contributed by atoms with Gasteiger partial charge < -0.3 is 5.73 Å². The summed E-state index contributed by atoms with van der Waals surface area (Å²) >= 11 is 0. The molecule has 0 bridgehead atoms. The molecule has 114 valence electrons. The van der Waals surface area contributed by atoms with Crippen LogP contribution >= 0.6 is 0 Å². The molecule has 1 saturated heterocycles. The van der Waals surface area contributed by atoms with Crippen LogP contribution in [0.25, 0.3) is 0 Å². The summed E-state index contributed by atoms with van der Waals surface area (Å²) < 4.78 is 28.6. The van der Waals surface area contributed by atoms with E-state index < -0.39 is 15.7 Å². The van der Waals surface area contributed by atoms with Crippen molar-refractivity contribution in [3.05, 3.63) is 0 Å². The van der Waals surface area contributed by atoms with Gasteiger partial charge in [0.2, 0.25) is 0 Å². The zero-order valence-electron chi connectivity index (χ0n) is 12.7. The highest BCUT2D eigenvalue weighted by molar-refractivity contribution is 7.86. The van der Waals surface area contributed by atoms with Crippen molar-refractivity contribution in [1.82, 2.24) is 8.61 Å². The zero-order chi connectivity index (χ0) is 14.7. The van der Waals surface area contributed by atoms with Gasteiger partial charge in [-0.3, -0.25) is 0 Å². The Bertz CT molecular complexity index is 371. The summed E-state index contributed by atoms with van der Waals surface area (Å²) in [4.78, 5) is 0. The van der Waals surface area contributed by atoms with Gasteiger partial charge in [-0.05, 0) is 31.6 Å². The standard InChI is InChI=1S/C13H29N3O2S/c1-5-13(6-2,11-14)15(4)19(17,18)16-9-7-8-12(3)10-16/h12H,5-11,14H2,1-4H3. The molecule has 2 N–H and O–H groups in total. The van der Waals surface area contributed by atoms with Crippen molar-refractivity contribution >= 4 is 10.2 Å². The first-order valence-electron chi connectivity index (χ1n) is 7.28. The van der Waals surface area contributed by atoms with Gasteiger partial charge in [0, 0.05) is 32.2 Å². The number of hydrogen-bond donors (Lipinski definition) is 1. The van der Waals surface area contributed by atoms with Crippen LogP contribution in [-0.2, 0) is 10.2 Å². The average molecular weight is 291 g/mol. The maximum Gasteiger partial charge on any atom is 0.282 e. The monoisotopic (exact) mass is 291 g/mol. The third-order valence-electron chi connectivity index (χ3n) is 4.66. The lowest BCUT2D eigenvalue weighted by molar-refractivity contribution is 0.182. The van der Waals surface area contributed by atoms with E-state index in [0.29, 0.717) is 25.6 Å². The quantitative estimate of drug-likeness (QED) is 0.804. The second-order valence-electron chi connectivity index (χ2n) is 5.72. The Morgan fingerprint density at radius 2 is 1.95 bits per heavy atom. The van der Waals surface area contributed by atoms with Crippen molar-refractivity contribution in [2.45, 2.75) is 52.0 Å². The molecule has 0 radical (unpaired) electrons. The van der Waals surface area contributed by atoms with E-state index in [0.717, 1.165) is 25.7 Å². The molecule has 1 heterocycles. The maximum absolute atomic E-state index is 12.8. The lowest BCUT2D eigenvalue weighted by Crippen LogP contribution is -2.58. The maximum atomic E-state index is 12.8. The SMILES string of the molecule is CCC(CC)(CN)N(C)S(=O)(=O)N1CCCC(C)C1. The molecule has 5 nitrogen and oxygen atoms in total. The lowest BCUT2D eigenvalue weighted by atomic mass is 9.93. The molecule has 1 aliphatic rings. The lowest BCUT2D eigenvalue weighted by Gasteiger charge is -2.42. The zero-order valence-corrected chi connectivity index (χ0v) is 13.5. The number of nitrogens with zero attached hydrogens (tertiary/aromatic N) is 2. The second-order valence-corrected chi connectivity index (χ2v) is 7.68. The van der Waals surface area contributed by atoms with Crippen LogP contribution < -0.4 is 5.73 Å². The van der Waals surface area contributed by atoms with Gasteiger partial charge in [0.15, 0.2) is 0 Å². The molecule has 0 saturated carbocycles. The van der Waals surface area contributed by atoms with Crippen LogP contribution in [0.3, 0.4) is 0 Å². The van der Waals surface area contributed by atoms with E-state index in [1.807, 2.05) is 13.8 Å². The van der Waals surface area contributed by atoms with E-state index in [2.05, 4.69) is 6.92 Å². The second kappa shape index (κ2) is 6.52. The topological polar surface area (TPSA) is 66.6 Å². The highest BCUT2D eigenvalue weighted by Gasteiger charge is 2.41. The molecule has 19 heavy (non-hydrogen) atoms. The smallest absolute Gasteiger partial charge is 0.282 e. The average Bonchev–Trinajstić information content (AvgIpc) is 2.41. The molecule has 0 aliphatic carbocycles. The summed E-state index contributed by atoms with van der Waals surface area (Å²) in [5, 5.41) is 0. The fourth-order valence-electron chi connectivity index (χ4n) is 2.89. The fourth-order valence-corrected chi connectivity index (χ4v) is 4.86. The molecular weight excluding hydrogens is 262 g/mol. The number of hydrogen-bond acceptors (Lipinski definition) is 3. The molecule has 1 unspecified atom stereocenters. The van der Waals surface area contributed by atoms with Crippen molar-refractivity contribution in [3.8, 4) is 0 Å². The Hall–Kier alpha value is -0.170. The van der Waals surface area contributed by atoms with Crippen LogP contribution in [0.5, 0.6) is 0 Å². The number of rotatable bonds is 6. The molecular formula is C13H29N3O2S. The van der Waals surface area contributed by atoms with Gasteiger partial charge in [-0.25, -0.2) is 0 Å². The molecule has 0 amide bonds. The first-order valence-corrected chi connectivity index (χ1v) is 8.68. The molecule has 6 heteroatoms. The Labute approximate surface area is 118 Å². The third-order valence-corrected chi connectivity index (χ3v) is 6.72. The van der Waals surface area contributed by atoms with E-state index in [9.17, 15) is 8.42 Å². The molecule has 1 rings (SSSR count). The molecule has 0 aromatic rings. The highest BCUT2D eigenvalue weighted by atomic mass is 32.2. The normalized spacial score (nSPS) is 22.9. The molecule has 0 aromatic carbocycles. The van der Waals surface area contributed by atoms with Crippen molar-refractivity contribution < 1.29 is 8.42 Å². The van der Waals surface area contributed by atoms with Crippen molar-refractivity contribution in [1.29, 1.82) is 0 Å². The van der Waals surface area contributed by atoms with E-state index in [-0.39, 0.29) is 0 Å². The minimum absolute atomic E-state index is 0.360. The Balaban J connectivity index is 2.98. The predicted octanol–water partition coefficient (Wildman–Crippen LogP) is 1.41. The van der Waals surface area contributed by atoms with Gasteiger partial charge in [-0.15, -0.1) is 0 Å². The Morgan fingerprint density at radius 1 is 1.37 bits per heavy atom. The Morgan fingerprint density at radius 3 is 2.37 bits per heavy atom. The fraction of sp³-hybridized carbons (Fsp3) is 1.00. The summed E-state index contributed by atoms with van der Waals surface area (Å²) in [6.45, 7) is 7.73. The molecule has 1 fully saturated rings. The van der Waals surface area contributed by atoms with Crippen molar-refractivity contribution in [3.63, 3.8) is 0 Å². The largest absolute Gasteiger partial charge is 0.329 e. The Kier molecular flexibility index (Phi) is 5.79. The predicted molar refractivity (Wildman–Crippen MR) is 79.0 cm³/mol. The highest BCUT2D eigenvalue weighted by Crippen LogP contribution is 2.28. The summed E-state index contributed by atoms with van der Waals surface area (Å²) in [5.74, 6) is 0.437.